The van der Waals surface area contributed by atoms with Crippen LogP contribution in [-0.4, -0.2) is 0 Å². The van der Waals surface area contributed by atoms with E-state index < -0.39 is 0 Å². The number of hydrazine groups is 1. The lowest BCUT2D eigenvalue weighted by atomic mass is 10.0. The molecule has 0 aliphatic rings. The minimum absolute atomic E-state index is 0.795. The van der Waals surface area contributed by atoms with Crippen molar-refractivity contribution < 1.29 is 4.42 Å². The van der Waals surface area contributed by atoms with Gasteiger partial charge in [-0.15, -0.1) is 0 Å². The standard InChI is InChI=1S/C24H18N2O/c25-26(21-14-6-4-11-18(21)17-9-2-1-3-10-17)22-15-8-13-20-19-12-5-7-16-23(19)27-24(20)22/h1-16H,25H2. The highest BCUT2D eigenvalue weighted by Crippen LogP contribution is 2.39. The first-order valence-electron chi connectivity index (χ1n) is 8.92. The van der Waals surface area contributed by atoms with Crippen molar-refractivity contribution in [3.05, 3.63) is 97.1 Å². The molecule has 0 bridgehead atoms. The fraction of sp³-hybridized carbons (Fsp3) is 0. The van der Waals surface area contributed by atoms with E-state index in [0.29, 0.717) is 0 Å². The Morgan fingerprint density at radius 3 is 2.15 bits per heavy atom. The number of hydrogen-bond acceptors (Lipinski definition) is 3. The van der Waals surface area contributed by atoms with Gasteiger partial charge in [0.1, 0.15) is 11.3 Å². The van der Waals surface area contributed by atoms with Gasteiger partial charge in [0.2, 0.25) is 0 Å². The molecule has 0 saturated carbocycles. The van der Waals surface area contributed by atoms with Crippen molar-refractivity contribution >= 4 is 33.3 Å². The maximum absolute atomic E-state index is 6.62. The van der Waals surface area contributed by atoms with Crippen molar-refractivity contribution in [3.63, 3.8) is 0 Å². The third kappa shape index (κ3) is 2.57. The number of rotatable bonds is 3. The number of hydrogen-bond donors (Lipinski definition) is 1. The quantitative estimate of drug-likeness (QED) is 0.308. The summed E-state index contributed by atoms with van der Waals surface area (Å²) in [5.74, 6) is 6.62. The first-order valence-corrected chi connectivity index (χ1v) is 8.92. The number of anilines is 2. The first kappa shape index (κ1) is 15.7. The zero-order valence-corrected chi connectivity index (χ0v) is 14.7. The van der Waals surface area contributed by atoms with E-state index in [2.05, 4.69) is 30.3 Å². The molecule has 5 rings (SSSR count). The number of benzene rings is 4. The maximum atomic E-state index is 6.62. The largest absolute Gasteiger partial charge is 0.454 e. The second kappa shape index (κ2) is 6.31. The fourth-order valence-electron chi connectivity index (χ4n) is 3.60. The third-order valence-corrected chi connectivity index (χ3v) is 4.89. The molecule has 0 spiro atoms. The summed E-state index contributed by atoms with van der Waals surface area (Å²) in [4.78, 5) is 0. The van der Waals surface area contributed by atoms with Crippen LogP contribution in [0.25, 0.3) is 33.1 Å². The van der Waals surface area contributed by atoms with E-state index in [1.54, 1.807) is 5.01 Å². The van der Waals surface area contributed by atoms with Gasteiger partial charge in [-0.1, -0.05) is 78.9 Å². The minimum Gasteiger partial charge on any atom is -0.454 e. The van der Waals surface area contributed by atoms with Crippen molar-refractivity contribution in [2.24, 2.45) is 5.84 Å². The van der Waals surface area contributed by atoms with Gasteiger partial charge in [0.15, 0.2) is 5.58 Å². The average Bonchev–Trinajstić information content (AvgIpc) is 3.13. The summed E-state index contributed by atoms with van der Waals surface area (Å²) in [6, 6.07) is 32.6. The predicted molar refractivity (Wildman–Crippen MR) is 112 cm³/mol. The van der Waals surface area contributed by atoms with Crippen LogP contribution in [0.4, 0.5) is 11.4 Å². The Hall–Kier alpha value is -3.56. The summed E-state index contributed by atoms with van der Waals surface area (Å²) in [5, 5.41) is 3.88. The van der Waals surface area contributed by atoms with E-state index in [9.17, 15) is 0 Å². The van der Waals surface area contributed by atoms with Gasteiger partial charge in [-0.2, -0.15) is 0 Å². The SMILES string of the molecule is NN(c1ccccc1-c1ccccc1)c1cccc2c1oc1ccccc12. The fourth-order valence-corrected chi connectivity index (χ4v) is 3.60. The topological polar surface area (TPSA) is 42.4 Å². The molecule has 0 fully saturated rings. The number of nitrogens with two attached hydrogens (primary N) is 1. The molecule has 0 unspecified atom stereocenters. The van der Waals surface area contributed by atoms with Crippen LogP contribution in [0.15, 0.2) is 101 Å². The summed E-state index contributed by atoms with van der Waals surface area (Å²) >= 11 is 0. The minimum atomic E-state index is 0.795. The molecular weight excluding hydrogens is 332 g/mol. The van der Waals surface area contributed by atoms with E-state index >= 15 is 0 Å². The molecule has 130 valence electrons. The smallest absolute Gasteiger partial charge is 0.160 e. The molecule has 0 saturated heterocycles. The van der Waals surface area contributed by atoms with Crippen LogP contribution in [0, 0.1) is 0 Å². The van der Waals surface area contributed by atoms with Gasteiger partial charge in [0.05, 0.1) is 5.69 Å². The zero-order chi connectivity index (χ0) is 18.2. The summed E-state index contributed by atoms with van der Waals surface area (Å²) in [7, 11) is 0. The second-order valence-electron chi connectivity index (χ2n) is 6.51. The normalized spacial score (nSPS) is 11.1. The van der Waals surface area contributed by atoms with Crippen molar-refractivity contribution in [2.75, 3.05) is 5.01 Å². The monoisotopic (exact) mass is 350 g/mol. The molecule has 0 aliphatic heterocycles. The van der Waals surface area contributed by atoms with E-state index in [1.807, 2.05) is 66.7 Å². The third-order valence-electron chi connectivity index (χ3n) is 4.89. The second-order valence-corrected chi connectivity index (χ2v) is 6.51. The van der Waals surface area contributed by atoms with Gasteiger partial charge in [-0.05, 0) is 23.8 Å². The van der Waals surface area contributed by atoms with Crippen LogP contribution in [0.1, 0.15) is 0 Å². The van der Waals surface area contributed by atoms with Crippen LogP contribution < -0.4 is 10.9 Å². The Morgan fingerprint density at radius 1 is 0.593 bits per heavy atom. The van der Waals surface area contributed by atoms with Crippen molar-refractivity contribution in [1.82, 2.24) is 0 Å². The summed E-state index contributed by atoms with van der Waals surface area (Å²) in [6.45, 7) is 0. The highest BCUT2D eigenvalue weighted by molar-refractivity contribution is 6.09. The first-order chi connectivity index (χ1) is 13.3. The number of furan rings is 1. The van der Waals surface area contributed by atoms with Crippen LogP contribution in [-0.2, 0) is 0 Å². The van der Waals surface area contributed by atoms with Crippen molar-refractivity contribution in [2.45, 2.75) is 0 Å². The molecule has 2 N–H and O–H groups in total. The highest BCUT2D eigenvalue weighted by atomic mass is 16.3. The molecule has 1 aromatic heterocycles. The number of nitrogens with zero attached hydrogens (tertiary/aromatic N) is 1. The average molecular weight is 350 g/mol. The Kier molecular flexibility index (Phi) is 3.66. The van der Waals surface area contributed by atoms with E-state index in [-0.39, 0.29) is 0 Å². The predicted octanol–water partition coefficient (Wildman–Crippen LogP) is 6.26. The van der Waals surface area contributed by atoms with Gasteiger partial charge in [0.25, 0.3) is 0 Å². The Morgan fingerprint density at radius 2 is 1.26 bits per heavy atom. The molecule has 3 nitrogen and oxygen atoms in total. The lowest BCUT2D eigenvalue weighted by Crippen LogP contribution is -2.25. The molecule has 0 aliphatic carbocycles. The molecule has 1 heterocycles. The van der Waals surface area contributed by atoms with Gasteiger partial charge >= 0.3 is 0 Å². The van der Waals surface area contributed by atoms with Crippen molar-refractivity contribution in [3.8, 4) is 11.1 Å². The molecule has 3 heteroatoms. The molecule has 0 atom stereocenters. The molecule has 27 heavy (non-hydrogen) atoms. The van der Waals surface area contributed by atoms with Crippen LogP contribution in [0.2, 0.25) is 0 Å². The van der Waals surface area contributed by atoms with Crippen LogP contribution in [0.3, 0.4) is 0 Å². The molecule has 4 aromatic carbocycles. The number of fused-ring (bicyclic) bond motifs is 3. The molecular formula is C24H18N2O. The summed E-state index contributed by atoms with van der Waals surface area (Å²) in [5.41, 5.74) is 5.63. The Bertz CT molecular complexity index is 1240. The van der Waals surface area contributed by atoms with E-state index in [1.165, 1.54) is 0 Å². The lowest BCUT2D eigenvalue weighted by molar-refractivity contribution is 0.668. The summed E-state index contributed by atoms with van der Waals surface area (Å²) < 4.78 is 6.15. The van der Waals surface area contributed by atoms with Crippen LogP contribution in [0.5, 0.6) is 0 Å². The van der Waals surface area contributed by atoms with Gasteiger partial charge < -0.3 is 4.42 Å². The van der Waals surface area contributed by atoms with Gasteiger partial charge in [0, 0.05) is 16.3 Å². The summed E-state index contributed by atoms with van der Waals surface area (Å²) in [6.07, 6.45) is 0. The Labute approximate surface area is 157 Å². The molecule has 0 radical (unpaired) electrons. The van der Waals surface area contributed by atoms with Crippen LogP contribution >= 0.6 is 0 Å². The van der Waals surface area contributed by atoms with Crippen molar-refractivity contribution in [1.29, 1.82) is 0 Å². The lowest BCUT2D eigenvalue weighted by Gasteiger charge is -2.22. The molecule has 5 aromatic rings. The van der Waals surface area contributed by atoms with E-state index in [4.69, 9.17) is 10.3 Å². The van der Waals surface area contributed by atoms with Gasteiger partial charge in [-0.3, -0.25) is 5.01 Å². The maximum Gasteiger partial charge on any atom is 0.160 e. The Balaban J connectivity index is 1.71. The zero-order valence-electron chi connectivity index (χ0n) is 14.7. The highest BCUT2D eigenvalue weighted by Gasteiger charge is 2.17. The van der Waals surface area contributed by atoms with E-state index in [0.717, 1.165) is 44.4 Å². The molecule has 0 amide bonds. The number of para-hydroxylation sites is 3. The van der Waals surface area contributed by atoms with Gasteiger partial charge in [-0.25, -0.2) is 5.84 Å².